The zero-order valence-corrected chi connectivity index (χ0v) is 9.23. The maximum absolute atomic E-state index is 11.7. The second-order valence-electron chi connectivity index (χ2n) is 3.96. The number of rotatable bonds is 4. The van der Waals surface area contributed by atoms with Crippen molar-refractivity contribution < 1.29 is 9.00 Å². The van der Waals surface area contributed by atoms with E-state index in [0.717, 1.165) is 18.6 Å². The van der Waals surface area contributed by atoms with E-state index in [2.05, 4.69) is 13.8 Å². The molecule has 3 atom stereocenters. The molecule has 0 radical (unpaired) electrons. The Morgan fingerprint density at radius 2 is 2.31 bits per heavy atom. The number of hydrogen-bond acceptors (Lipinski definition) is 2. The van der Waals surface area contributed by atoms with Gasteiger partial charge in [-0.15, -0.1) is 0 Å². The highest BCUT2D eigenvalue weighted by molar-refractivity contribution is 7.85. The largest absolute Gasteiger partial charge is 0.300 e. The van der Waals surface area contributed by atoms with E-state index >= 15 is 0 Å². The van der Waals surface area contributed by atoms with Crippen LogP contribution >= 0.6 is 0 Å². The number of carbonyl (C=O) groups is 1. The highest BCUT2D eigenvalue weighted by Crippen LogP contribution is 2.21. The third-order valence-electron chi connectivity index (χ3n) is 2.72. The second kappa shape index (κ2) is 4.89. The third-order valence-corrected chi connectivity index (χ3v) is 4.76. The summed E-state index contributed by atoms with van der Waals surface area (Å²) < 4.78 is 11.7. The van der Waals surface area contributed by atoms with Crippen LogP contribution in [0, 0.1) is 5.92 Å². The van der Waals surface area contributed by atoms with Crippen LogP contribution in [0.15, 0.2) is 0 Å². The van der Waals surface area contributed by atoms with Gasteiger partial charge >= 0.3 is 0 Å². The Bertz CT molecular complexity index is 213. The van der Waals surface area contributed by atoms with E-state index in [1.54, 1.807) is 0 Å². The molecule has 0 amide bonds. The van der Waals surface area contributed by atoms with Crippen molar-refractivity contribution in [2.45, 2.75) is 44.8 Å². The average Bonchev–Trinajstić information content (AvgIpc) is 2.51. The van der Waals surface area contributed by atoms with Crippen molar-refractivity contribution >= 4 is 16.6 Å². The first kappa shape index (κ1) is 10.9. The van der Waals surface area contributed by atoms with Crippen LogP contribution in [0.1, 0.15) is 39.5 Å². The molecule has 1 saturated carbocycles. The van der Waals surface area contributed by atoms with E-state index in [-0.39, 0.29) is 5.25 Å². The minimum atomic E-state index is -0.767. The van der Waals surface area contributed by atoms with Crippen molar-refractivity contribution in [2.24, 2.45) is 5.92 Å². The normalized spacial score (nSPS) is 27.5. The Morgan fingerprint density at radius 3 is 2.77 bits per heavy atom. The van der Waals surface area contributed by atoms with Crippen molar-refractivity contribution in [1.29, 1.82) is 0 Å². The van der Waals surface area contributed by atoms with Crippen molar-refractivity contribution in [2.75, 3.05) is 5.75 Å². The van der Waals surface area contributed by atoms with Gasteiger partial charge in [-0.3, -0.25) is 9.00 Å². The highest BCUT2D eigenvalue weighted by atomic mass is 32.2. The molecular weight excluding hydrogens is 184 g/mol. The van der Waals surface area contributed by atoms with Gasteiger partial charge in [-0.1, -0.05) is 20.3 Å². The number of carbonyl (C=O) groups excluding carboxylic acids is 1. The van der Waals surface area contributed by atoms with Gasteiger partial charge in [0.25, 0.3) is 0 Å². The molecule has 1 rings (SSSR count). The molecule has 1 aliphatic rings. The van der Waals surface area contributed by atoms with E-state index < -0.39 is 10.8 Å². The maximum Gasteiger partial charge on any atom is 0.134 e. The lowest BCUT2D eigenvalue weighted by Crippen LogP contribution is -2.18. The SMILES string of the molecule is CCC(C)CS(=O)C1CCC(=O)C1. The zero-order chi connectivity index (χ0) is 9.84. The Hall–Kier alpha value is -0.180. The fourth-order valence-corrected chi connectivity index (χ4v) is 3.36. The van der Waals surface area contributed by atoms with Gasteiger partial charge in [-0.05, 0) is 12.3 Å². The molecule has 3 unspecified atom stereocenters. The molecule has 0 aromatic carbocycles. The fraction of sp³-hybridized carbons (Fsp3) is 0.900. The summed E-state index contributed by atoms with van der Waals surface area (Å²) >= 11 is 0. The van der Waals surface area contributed by atoms with Gasteiger partial charge in [0.05, 0.1) is 0 Å². The third kappa shape index (κ3) is 3.22. The molecule has 13 heavy (non-hydrogen) atoms. The average molecular weight is 202 g/mol. The van der Waals surface area contributed by atoms with E-state index in [9.17, 15) is 9.00 Å². The van der Waals surface area contributed by atoms with Crippen molar-refractivity contribution in [3.8, 4) is 0 Å². The van der Waals surface area contributed by atoms with Gasteiger partial charge in [-0.2, -0.15) is 0 Å². The summed E-state index contributed by atoms with van der Waals surface area (Å²) in [6.45, 7) is 4.23. The molecular formula is C10H18O2S. The van der Waals surface area contributed by atoms with Gasteiger partial charge in [0, 0.05) is 34.6 Å². The summed E-state index contributed by atoms with van der Waals surface area (Å²) in [5, 5.41) is 0.168. The van der Waals surface area contributed by atoms with Crippen LogP contribution in [0.3, 0.4) is 0 Å². The standard InChI is InChI=1S/C10H18O2S/c1-3-8(2)7-13(12)10-5-4-9(11)6-10/h8,10H,3-7H2,1-2H3. The monoisotopic (exact) mass is 202 g/mol. The smallest absolute Gasteiger partial charge is 0.134 e. The molecule has 0 aromatic heterocycles. The summed E-state index contributed by atoms with van der Waals surface area (Å²) in [6, 6.07) is 0. The van der Waals surface area contributed by atoms with Gasteiger partial charge in [0.2, 0.25) is 0 Å². The van der Waals surface area contributed by atoms with Crippen LogP contribution in [0.5, 0.6) is 0 Å². The Labute approximate surface area is 82.6 Å². The molecule has 1 aliphatic carbocycles. The van der Waals surface area contributed by atoms with Crippen LogP contribution in [0.25, 0.3) is 0 Å². The Morgan fingerprint density at radius 1 is 1.62 bits per heavy atom. The van der Waals surface area contributed by atoms with Crippen LogP contribution in [0.2, 0.25) is 0 Å². The molecule has 0 saturated heterocycles. The van der Waals surface area contributed by atoms with Crippen LogP contribution < -0.4 is 0 Å². The molecule has 0 aromatic rings. The minimum absolute atomic E-state index is 0.168. The van der Waals surface area contributed by atoms with Gasteiger partial charge < -0.3 is 0 Å². The van der Waals surface area contributed by atoms with Crippen molar-refractivity contribution in [3.63, 3.8) is 0 Å². The van der Waals surface area contributed by atoms with E-state index in [1.165, 1.54) is 0 Å². The summed E-state index contributed by atoms with van der Waals surface area (Å²) in [4.78, 5) is 11.0. The quantitative estimate of drug-likeness (QED) is 0.698. The van der Waals surface area contributed by atoms with Crippen LogP contribution in [-0.2, 0) is 15.6 Å². The summed E-state index contributed by atoms with van der Waals surface area (Å²) in [5.74, 6) is 1.59. The number of Topliss-reactive ketones (excluding diaryl/α,β-unsaturated/α-hetero) is 1. The summed E-state index contributed by atoms with van der Waals surface area (Å²) in [5.41, 5.74) is 0. The van der Waals surface area contributed by atoms with Crippen LogP contribution in [-0.4, -0.2) is 21.0 Å². The highest BCUT2D eigenvalue weighted by Gasteiger charge is 2.27. The number of hydrogen-bond donors (Lipinski definition) is 0. The predicted molar refractivity (Wildman–Crippen MR) is 55.1 cm³/mol. The lowest BCUT2D eigenvalue weighted by Gasteiger charge is -2.12. The van der Waals surface area contributed by atoms with E-state index in [0.29, 0.717) is 24.5 Å². The molecule has 0 heterocycles. The molecule has 0 N–H and O–H groups in total. The first-order chi connectivity index (χ1) is 6.13. The van der Waals surface area contributed by atoms with Crippen LogP contribution in [0.4, 0.5) is 0 Å². The van der Waals surface area contributed by atoms with E-state index in [4.69, 9.17) is 0 Å². The molecule has 76 valence electrons. The van der Waals surface area contributed by atoms with Crippen molar-refractivity contribution in [1.82, 2.24) is 0 Å². The zero-order valence-electron chi connectivity index (χ0n) is 8.41. The Kier molecular flexibility index (Phi) is 4.10. The first-order valence-electron chi connectivity index (χ1n) is 5.02. The molecule has 0 bridgehead atoms. The molecule has 3 heteroatoms. The van der Waals surface area contributed by atoms with E-state index in [1.807, 2.05) is 0 Å². The second-order valence-corrected chi connectivity index (χ2v) is 5.73. The maximum atomic E-state index is 11.7. The predicted octanol–water partition coefficient (Wildman–Crippen LogP) is 1.90. The topological polar surface area (TPSA) is 34.1 Å². The molecule has 2 nitrogen and oxygen atoms in total. The summed E-state index contributed by atoms with van der Waals surface area (Å²) in [7, 11) is -0.767. The lowest BCUT2D eigenvalue weighted by molar-refractivity contribution is -0.117. The minimum Gasteiger partial charge on any atom is -0.300 e. The van der Waals surface area contributed by atoms with Gasteiger partial charge in [0.1, 0.15) is 5.78 Å². The lowest BCUT2D eigenvalue weighted by atomic mass is 10.2. The van der Waals surface area contributed by atoms with Gasteiger partial charge in [-0.25, -0.2) is 0 Å². The van der Waals surface area contributed by atoms with Gasteiger partial charge in [0.15, 0.2) is 0 Å². The summed E-state index contributed by atoms with van der Waals surface area (Å²) in [6.07, 6.45) is 3.13. The fourth-order valence-electron chi connectivity index (χ4n) is 1.54. The molecule has 0 spiro atoms. The first-order valence-corrected chi connectivity index (χ1v) is 6.40. The van der Waals surface area contributed by atoms with Crippen molar-refractivity contribution in [3.05, 3.63) is 0 Å². The molecule has 1 fully saturated rings. The molecule has 0 aliphatic heterocycles. The number of ketones is 1. The Balaban J connectivity index is 2.35.